The maximum Gasteiger partial charge on any atom is 0.0948 e. The molecule has 0 amide bonds. The fourth-order valence-electron chi connectivity index (χ4n) is 1.48. The molecule has 0 aliphatic rings. The number of aryl methyl sites for hydroxylation is 2. The van der Waals surface area contributed by atoms with E-state index in [1.807, 2.05) is 22.9 Å². The highest BCUT2D eigenvalue weighted by Crippen LogP contribution is 2.03. The lowest BCUT2D eigenvalue weighted by Crippen LogP contribution is -2.04. The molecule has 0 unspecified atom stereocenters. The third-order valence-electron chi connectivity index (χ3n) is 2.32. The highest BCUT2D eigenvalue weighted by atomic mass is 16.3. The molecule has 0 aromatic carbocycles. The van der Waals surface area contributed by atoms with E-state index in [1.54, 1.807) is 18.7 Å². The van der Waals surface area contributed by atoms with Crippen molar-refractivity contribution in [3.63, 3.8) is 0 Å². The quantitative estimate of drug-likeness (QED) is 0.807. The van der Waals surface area contributed by atoms with E-state index in [1.165, 1.54) is 5.56 Å². The van der Waals surface area contributed by atoms with E-state index >= 15 is 0 Å². The number of aromatic nitrogens is 3. The van der Waals surface area contributed by atoms with Crippen LogP contribution in [0.3, 0.4) is 0 Å². The first-order valence-corrected chi connectivity index (χ1v) is 4.89. The summed E-state index contributed by atoms with van der Waals surface area (Å²) in [4.78, 5) is 8.05. The van der Waals surface area contributed by atoms with Crippen LogP contribution in [0, 0.1) is 0 Å². The van der Waals surface area contributed by atoms with Crippen LogP contribution < -0.4 is 0 Å². The van der Waals surface area contributed by atoms with Gasteiger partial charge in [-0.1, -0.05) is 6.07 Å². The summed E-state index contributed by atoms with van der Waals surface area (Å²) in [6, 6.07) is 3.97. The summed E-state index contributed by atoms with van der Waals surface area (Å²) >= 11 is 0. The standard InChI is InChI=1S/C11H13N3O/c15-8-11-7-13-9-14(11)5-3-10-2-1-4-12-6-10/h1-2,4,6-7,9,15H,3,5,8H2. The topological polar surface area (TPSA) is 50.9 Å². The molecule has 0 atom stereocenters. The van der Waals surface area contributed by atoms with Gasteiger partial charge in [-0.2, -0.15) is 0 Å². The number of rotatable bonds is 4. The van der Waals surface area contributed by atoms with Gasteiger partial charge < -0.3 is 9.67 Å². The molecule has 0 radical (unpaired) electrons. The first kappa shape index (κ1) is 9.86. The van der Waals surface area contributed by atoms with E-state index in [4.69, 9.17) is 5.11 Å². The summed E-state index contributed by atoms with van der Waals surface area (Å²) in [5, 5.41) is 9.03. The molecule has 1 N–H and O–H groups in total. The average molecular weight is 203 g/mol. The molecule has 0 aliphatic heterocycles. The van der Waals surface area contributed by atoms with E-state index < -0.39 is 0 Å². The van der Waals surface area contributed by atoms with Gasteiger partial charge in [-0.15, -0.1) is 0 Å². The highest BCUT2D eigenvalue weighted by Gasteiger charge is 2.00. The van der Waals surface area contributed by atoms with E-state index in [9.17, 15) is 0 Å². The summed E-state index contributed by atoms with van der Waals surface area (Å²) < 4.78 is 1.95. The van der Waals surface area contributed by atoms with Gasteiger partial charge in [-0.3, -0.25) is 4.98 Å². The Morgan fingerprint density at radius 2 is 2.20 bits per heavy atom. The number of nitrogens with zero attached hydrogens (tertiary/aromatic N) is 3. The van der Waals surface area contributed by atoms with Crippen molar-refractivity contribution in [2.75, 3.05) is 0 Å². The highest BCUT2D eigenvalue weighted by molar-refractivity contribution is 5.08. The second-order valence-corrected chi connectivity index (χ2v) is 3.35. The zero-order valence-electron chi connectivity index (χ0n) is 8.37. The summed E-state index contributed by atoms with van der Waals surface area (Å²) in [7, 11) is 0. The van der Waals surface area contributed by atoms with Gasteiger partial charge in [-0.25, -0.2) is 4.98 Å². The molecular weight excluding hydrogens is 190 g/mol. The molecule has 2 aromatic heterocycles. The van der Waals surface area contributed by atoms with Crippen molar-refractivity contribution in [2.24, 2.45) is 0 Å². The van der Waals surface area contributed by atoms with Gasteiger partial charge in [0.25, 0.3) is 0 Å². The van der Waals surface area contributed by atoms with Crippen molar-refractivity contribution < 1.29 is 5.11 Å². The molecule has 2 heterocycles. The minimum absolute atomic E-state index is 0.0348. The average Bonchev–Trinajstić information content (AvgIpc) is 2.75. The predicted octanol–water partition coefficient (Wildman–Crippen LogP) is 1.01. The zero-order valence-corrected chi connectivity index (χ0v) is 8.37. The van der Waals surface area contributed by atoms with Crippen LogP contribution >= 0.6 is 0 Å². The summed E-state index contributed by atoms with van der Waals surface area (Å²) in [6.07, 6.45) is 7.94. The second-order valence-electron chi connectivity index (χ2n) is 3.35. The first-order chi connectivity index (χ1) is 7.40. The molecule has 0 saturated heterocycles. The SMILES string of the molecule is OCc1cncn1CCc1cccnc1. The summed E-state index contributed by atoms with van der Waals surface area (Å²) in [5.74, 6) is 0. The minimum Gasteiger partial charge on any atom is -0.390 e. The smallest absolute Gasteiger partial charge is 0.0948 e. The van der Waals surface area contributed by atoms with Gasteiger partial charge >= 0.3 is 0 Å². The van der Waals surface area contributed by atoms with Gasteiger partial charge in [0.05, 0.1) is 24.8 Å². The second kappa shape index (κ2) is 4.70. The maximum absolute atomic E-state index is 9.03. The van der Waals surface area contributed by atoms with Crippen molar-refractivity contribution in [3.05, 3.63) is 48.3 Å². The minimum atomic E-state index is 0.0348. The Labute approximate surface area is 88.2 Å². The van der Waals surface area contributed by atoms with Crippen LogP contribution in [0.15, 0.2) is 37.1 Å². The van der Waals surface area contributed by atoms with E-state index in [0.29, 0.717) is 0 Å². The largest absolute Gasteiger partial charge is 0.390 e. The number of imidazole rings is 1. The number of hydrogen-bond donors (Lipinski definition) is 1. The van der Waals surface area contributed by atoms with Crippen LogP contribution in [-0.4, -0.2) is 19.6 Å². The van der Waals surface area contributed by atoms with E-state index in [0.717, 1.165) is 18.7 Å². The Bertz CT molecular complexity index is 411. The van der Waals surface area contributed by atoms with E-state index in [-0.39, 0.29) is 6.61 Å². The number of hydrogen-bond acceptors (Lipinski definition) is 3. The molecule has 0 bridgehead atoms. The molecule has 78 valence electrons. The first-order valence-electron chi connectivity index (χ1n) is 4.89. The lowest BCUT2D eigenvalue weighted by molar-refractivity contribution is 0.270. The molecular formula is C11H13N3O. The molecule has 0 aliphatic carbocycles. The van der Waals surface area contributed by atoms with Crippen LogP contribution in [-0.2, 0) is 19.6 Å². The van der Waals surface area contributed by atoms with Crippen molar-refractivity contribution in [2.45, 2.75) is 19.6 Å². The molecule has 2 rings (SSSR count). The predicted molar refractivity (Wildman–Crippen MR) is 56.1 cm³/mol. The number of pyridine rings is 1. The lowest BCUT2D eigenvalue weighted by atomic mass is 10.2. The molecule has 0 fully saturated rings. The Morgan fingerprint density at radius 3 is 2.93 bits per heavy atom. The van der Waals surface area contributed by atoms with Crippen LogP contribution in [0.1, 0.15) is 11.3 Å². The van der Waals surface area contributed by atoms with Crippen LogP contribution in [0.4, 0.5) is 0 Å². The molecule has 0 spiro atoms. The van der Waals surface area contributed by atoms with Gasteiger partial charge in [0.2, 0.25) is 0 Å². The number of aliphatic hydroxyl groups excluding tert-OH is 1. The monoisotopic (exact) mass is 203 g/mol. The van der Waals surface area contributed by atoms with Gasteiger partial charge in [0.15, 0.2) is 0 Å². The Hall–Kier alpha value is -1.68. The molecule has 0 saturated carbocycles. The van der Waals surface area contributed by atoms with Crippen LogP contribution in [0.25, 0.3) is 0 Å². The van der Waals surface area contributed by atoms with E-state index in [2.05, 4.69) is 9.97 Å². The van der Waals surface area contributed by atoms with Gasteiger partial charge in [0, 0.05) is 18.9 Å². The Balaban J connectivity index is 1.99. The normalized spacial score (nSPS) is 10.5. The van der Waals surface area contributed by atoms with Gasteiger partial charge in [-0.05, 0) is 18.1 Å². The zero-order chi connectivity index (χ0) is 10.5. The fourth-order valence-corrected chi connectivity index (χ4v) is 1.48. The number of aliphatic hydroxyl groups is 1. The van der Waals surface area contributed by atoms with Crippen LogP contribution in [0.5, 0.6) is 0 Å². The summed E-state index contributed by atoms with van der Waals surface area (Å²) in [5.41, 5.74) is 2.04. The molecule has 4 heteroatoms. The Morgan fingerprint density at radius 1 is 1.27 bits per heavy atom. The van der Waals surface area contributed by atoms with Crippen molar-refractivity contribution in [3.8, 4) is 0 Å². The third kappa shape index (κ3) is 2.41. The van der Waals surface area contributed by atoms with Crippen molar-refractivity contribution >= 4 is 0 Å². The van der Waals surface area contributed by atoms with Crippen molar-refractivity contribution in [1.29, 1.82) is 0 Å². The van der Waals surface area contributed by atoms with Gasteiger partial charge in [0.1, 0.15) is 0 Å². The Kier molecular flexibility index (Phi) is 3.09. The summed E-state index contributed by atoms with van der Waals surface area (Å²) in [6.45, 7) is 0.856. The third-order valence-corrected chi connectivity index (χ3v) is 2.32. The maximum atomic E-state index is 9.03. The van der Waals surface area contributed by atoms with Crippen LogP contribution in [0.2, 0.25) is 0 Å². The fraction of sp³-hybridized carbons (Fsp3) is 0.273. The lowest BCUT2D eigenvalue weighted by Gasteiger charge is -2.05. The molecule has 2 aromatic rings. The van der Waals surface area contributed by atoms with Crippen molar-refractivity contribution in [1.82, 2.24) is 14.5 Å². The molecule has 15 heavy (non-hydrogen) atoms. The molecule has 4 nitrogen and oxygen atoms in total.